The zero-order valence-electron chi connectivity index (χ0n) is 6.07. The third-order valence-electron chi connectivity index (χ3n) is 1.17. The number of carbonyl (C=O) groups excluding carboxylic acids is 1. The molecule has 0 N–H and O–H groups in total. The van der Waals surface area contributed by atoms with Gasteiger partial charge in [0, 0.05) is 0 Å². The van der Waals surface area contributed by atoms with Gasteiger partial charge in [0.05, 0.1) is 6.08 Å². The van der Waals surface area contributed by atoms with Gasteiger partial charge in [-0.25, -0.2) is 5.32 Å². The summed E-state index contributed by atoms with van der Waals surface area (Å²) < 4.78 is 35.8. The van der Waals surface area contributed by atoms with Crippen LogP contribution in [-0.4, -0.2) is 12.1 Å². The average molecular weight is 175 g/mol. The first-order chi connectivity index (χ1) is 5.39. The molecule has 0 spiro atoms. The van der Waals surface area contributed by atoms with Gasteiger partial charge in [-0.3, -0.25) is 4.79 Å². The Hall–Kier alpha value is -1.26. The Balaban J connectivity index is 2.95. The second kappa shape index (κ2) is 2.66. The summed E-state index contributed by atoms with van der Waals surface area (Å²) in [4.78, 5) is 10.5. The van der Waals surface area contributed by atoms with Gasteiger partial charge in [0.2, 0.25) is 0 Å². The Morgan fingerprint density at radius 1 is 1.50 bits per heavy atom. The molecule has 0 aromatic carbocycles. The molecule has 0 saturated carbocycles. The lowest BCUT2D eigenvalue weighted by molar-refractivity contribution is -0.123. The fourth-order valence-electron chi connectivity index (χ4n) is 0.725. The van der Waals surface area contributed by atoms with Crippen molar-refractivity contribution in [3.05, 3.63) is 23.4 Å². The molecule has 0 saturated heterocycles. The first-order valence-electron chi connectivity index (χ1n) is 3.05. The number of hydrogen-bond acceptors (Lipinski definition) is 1. The first-order valence-corrected chi connectivity index (χ1v) is 3.05. The molecule has 0 bridgehead atoms. The smallest absolute Gasteiger partial charge is 0.267 e. The van der Waals surface area contributed by atoms with Crippen LogP contribution in [0.5, 0.6) is 0 Å². The van der Waals surface area contributed by atoms with Crippen molar-refractivity contribution in [2.75, 3.05) is 0 Å². The second-order valence-corrected chi connectivity index (χ2v) is 2.25. The van der Waals surface area contributed by atoms with Crippen LogP contribution in [0.25, 0.3) is 0 Å². The number of hydrogen-bond donors (Lipinski definition) is 0. The minimum Gasteiger partial charge on any atom is -0.267 e. The van der Waals surface area contributed by atoms with E-state index in [1.165, 1.54) is 6.92 Å². The molecule has 0 unspecified atom stereocenters. The Kier molecular flexibility index (Phi) is 1.95. The van der Waals surface area contributed by atoms with Gasteiger partial charge in [0.15, 0.2) is 0 Å². The van der Waals surface area contributed by atoms with Crippen molar-refractivity contribution in [1.82, 2.24) is 5.32 Å². The maximum atomic E-state index is 11.9. The number of nitrogens with zero attached hydrogens (tertiary/aromatic N) is 1. The maximum Gasteiger partial charge on any atom is 0.433 e. The summed E-state index contributed by atoms with van der Waals surface area (Å²) in [6, 6.07) is 0. The topological polar surface area (TPSA) is 31.2 Å². The summed E-state index contributed by atoms with van der Waals surface area (Å²) in [6.07, 6.45) is -1.66. The van der Waals surface area contributed by atoms with E-state index in [-0.39, 0.29) is 5.57 Å². The van der Waals surface area contributed by atoms with E-state index >= 15 is 0 Å². The van der Waals surface area contributed by atoms with E-state index in [0.717, 1.165) is 6.08 Å². The molecule has 1 aliphatic rings. The predicted octanol–water partition coefficient (Wildman–Crippen LogP) is 1.33. The van der Waals surface area contributed by atoms with Gasteiger partial charge in [-0.2, -0.15) is 13.2 Å². The molecule has 5 heteroatoms. The molecule has 2 nitrogen and oxygen atoms in total. The van der Waals surface area contributed by atoms with Crippen molar-refractivity contribution < 1.29 is 18.0 Å². The van der Waals surface area contributed by atoms with Crippen LogP contribution < -0.4 is 5.32 Å². The molecule has 1 amide bonds. The highest BCUT2D eigenvalue weighted by atomic mass is 19.4. The van der Waals surface area contributed by atoms with Crippen molar-refractivity contribution in [1.29, 1.82) is 0 Å². The molecular formula is C7H4F3NO. The van der Waals surface area contributed by atoms with Gasteiger partial charge in [-0.05, 0) is 18.6 Å². The largest absolute Gasteiger partial charge is 0.433 e. The van der Waals surface area contributed by atoms with E-state index in [2.05, 4.69) is 11.4 Å². The Morgan fingerprint density at radius 3 is 2.50 bits per heavy atom. The number of alkyl halides is 3. The van der Waals surface area contributed by atoms with Crippen LogP contribution in [0.2, 0.25) is 0 Å². The molecule has 64 valence electrons. The summed E-state index contributed by atoms with van der Waals surface area (Å²) in [7, 11) is 0. The van der Waals surface area contributed by atoms with E-state index in [4.69, 9.17) is 0 Å². The Labute approximate surface area is 66.8 Å². The summed E-state index contributed by atoms with van der Waals surface area (Å²) in [5, 5.41) is 2.77. The molecule has 1 rings (SSSR count). The van der Waals surface area contributed by atoms with Gasteiger partial charge in [0.25, 0.3) is 5.91 Å². The van der Waals surface area contributed by atoms with E-state index in [1.54, 1.807) is 0 Å². The van der Waals surface area contributed by atoms with Crippen molar-refractivity contribution in [2.45, 2.75) is 13.1 Å². The van der Waals surface area contributed by atoms with Gasteiger partial charge in [-0.1, -0.05) is 0 Å². The van der Waals surface area contributed by atoms with Gasteiger partial charge < -0.3 is 0 Å². The highest BCUT2D eigenvalue weighted by molar-refractivity contribution is 5.87. The molecule has 0 atom stereocenters. The highest BCUT2D eigenvalue weighted by Gasteiger charge is 2.37. The third kappa shape index (κ3) is 1.87. The fourth-order valence-corrected chi connectivity index (χ4v) is 0.725. The number of carbonyl (C=O) groups is 1. The number of amides is 1. The fraction of sp³-hybridized carbons (Fsp3) is 0.286. The zero-order chi connectivity index (χ0) is 9.35. The quantitative estimate of drug-likeness (QED) is 0.546. The summed E-state index contributed by atoms with van der Waals surface area (Å²) >= 11 is 0. The summed E-state index contributed by atoms with van der Waals surface area (Å²) in [5.41, 5.74) is -1.02. The number of allylic oxidation sites excluding steroid dienone is 3. The zero-order valence-corrected chi connectivity index (χ0v) is 6.07. The lowest BCUT2D eigenvalue weighted by atomic mass is 10.1. The van der Waals surface area contributed by atoms with Gasteiger partial charge >= 0.3 is 6.18 Å². The molecular weight excluding hydrogens is 171 g/mol. The number of rotatable bonds is 0. The Bertz CT molecular complexity index is 275. The Morgan fingerprint density at radius 2 is 2.08 bits per heavy atom. The van der Waals surface area contributed by atoms with Crippen molar-refractivity contribution in [3.8, 4) is 0 Å². The molecule has 0 aromatic heterocycles. The minimum absolute atomic E-state index is 0.141. The van der Waals surface area contributed by atoms with Gasteiger partial charge in [-0.15, -0.1) is 0 Å². The summed E-state index contributed by atoms with van der Waals surface area (Å²) in [5.74, 6) is -0.984. The van der Waals surface area contributed by atoms with Crippen molar-refractivity contribution in [3.63, 3.8) is 0 Å². The predicted molar refractivity (Wildman–Crippen MR) is 33.7 cm³/mol. The van der Waals surface area contributed by atoms with Gasteiger partial charge in [0.1, 0.15) is 5.70 Å². The molecule has 1 heterocycles. The molecule has 0 fully saturated rings. The van der Waals surface area contributed by atoms with E-state index in [1.807, 2.05) is 0 Å². The molecule has 2 radical (unpaired) electrons. The molecule has 0 aliphatic carbocycles. The summed E-state index contributed by atoms with van der Waals surface area (Å²) in [6.45, 7) is 1.36. The number of halogens is 3. The normalized spacial score (nSPS) is 18.2. The van der Waals surface area contributed by atoms with E-state index in [9.17, 15) is 18.0 Å². The molecule has 0 aromatic rings. The van der Waals surface area contributed by atoms with Crippen LogP contribution >= 0.6 is 0 Å². The van der Waals surface area contributed by atoms with Crippen LogP contribution in [-0.2, 0) is 4.79 Å². The SMILES string of the molecule is CC1=[C]C(=O)[N]C(C(F)(F)F)=C1. The third-order valence-corrected chi connectivity index (χ3v) is 1.17. The molecule has 1 aliphatic heterocycles. The van der Waals surface area contributed by atoms with E-state index in [0.29, 0.717) is 0 Å². The molecule has 12 heavy (non-hydrogen) atoms. The van der Waals surface area contributed by atoms with Crippen LogP contribution in [0.1, 0.15) is 6.92 Å². The average Bonchev–Trinajstić information content (AvgIpc) is 1.82. The van der Waals surface area contributed by atoms with Crippen molar-refractivity contribution >= 4 is 5.91 Å². The van der Waals surface area contributed by atoms with E-state index < -0.39 is 17.8 Å². The maximum absolute atomic E-state index is 11.9. The van der Waals surface area contributed by atoms with Crippen LogP contribution in [0.4, 0.5) is 13.2 Å². The van der Waals surface area contributed by atoms with Crippen LogP contribution in [0.3, 0.4) is 0 Å². The first kappa shape index (κ1) is 8.83. The van der Waals surface area contributed by atoms with Crippen LogP contribution in [0, 0.1) is 6.08 Å². The minimum atomic E-state index is -4.56. The standard InChI is InChI=1S/C7H4F3NO/c1-4-2-5(7(8,9)10)11-6(12)3-4/h2H,1H3. The highest BCUT2D eigenvalue weighted by Crippen LogP contribution is 2.26. The lowest BCUT2D eigenvalue weighted by Gasteiger charge is -2.12. The monoisotopic (exact) mass is 175 g/mol. The second-order valence-electron chi connectivity index (χ2n) is 2.25. The van der Waals surface area contributed by atoms with Crippen molar-refractivity contribution in [2.24, 2.45) is 0 Å². The van der Waals surface area contributed by atoms with Crippen LogP contribution in [0.15, 0.2) is 17.3 Å². The lowest BCUT2D eigenvalue weighted by Crippen LogP contribution is -2.27.